The zero-order valence-corrected chi connectivity index (χ0v) is 17.1. The first-order valence-corrected chi connectivity index (χ1v) is 9.52. The molecule has 9 heteroatoms. The van der Waals surface area contributed by atoms with Gasteiger partial charge in [-0.2, -0.15) is 0 Å². The molecule has 1 heterocycles. The van der Waals surface area contributed by atoms with Gasteiger partial charge >= 0.3 is 0 Å². The van der Waals surface area contributed by atoms with Gasteiger partial charge in [0.1, 0.15) is 17.3 Å². The summed E-state index contributed by atoms with van der Waals surface area (Å²) in [5.74, 6) is 0.161. The highest BCUT2D eigenvalue weighted by molar-refractivity contribution is 6.30. The van der Waals surface area contributed by atoms with Gasteiger partial charge in [0, 0.05) is 21.8 Å². The van der Waals surface area contributed by atoms with Gasteiger partial charge in [0.15, 0.2) is 6.61 Å². The van der Waals surface area contributed by atoms with Crippen LogP contribution in [0.3, 0.4) is 0 Å². The van der Waals surface area contributed by atoms with Crippen molar-refractivity contribution in [1.29, 1.82) is 0 Å². The number of anilines is 1. The number of amides is 2. The normalized spacial score (nSPS) is 11.4. The topological polar surface area (TPSA) is 104 Å². The number of halogens is 2. The number of aromatic nitrogens is 1. The van der Waals surface area contributed by atoms with Crippen LogP contribution in [0.25, 0.3) is 0 Å². The molecule has 1 aromatic heterocycles. The van der Waals surface area contributed by atoms with Crippen LogP contribution in [-0.4, -0.2) is 23.4 Å². The molecule has 0 spiro atoms. The van der Waals surface area contributed by atoms with Crippen molar-refractivity contribution in [3.63, 3.8) is 0 Å². The zero-order valence-electron chi connectivity index (χ0n) is 15.5. The van der Waals surface area contributed by atoms with E-state index in [1.807, 2.05) is 0 Å². The number of benzene rings is 2. The van der Waals surface area contributed by atoms with E-state index in [1.54, 1.807) is 54.6 Å². The number of ether oxygens (including phenoxy) is 2. The van der Waals surface area contributed by atoms with Crippen LogP contribution in [0, 0.1) is 0 Å². The van der Waals surface area contributed by atoms with E-state index in [2.05, 4.69) is 10.3 Å². The lowest BCUT2D eigenvalue weighted by molar-refractivity contribution is -0.125. The Bertz CT molecular complexity index is 1010. The van der Waals surface area contributed by atoms with Gasteiger partial charge in [-0.05, 0) is 60.7 Å². The molecule has 0 saturated carbocycles. The highest BCUT2D eigenvalue weighted by Crippen LogP contribution is 2.24. The van der Waals surface area contributed by atoms with Crippen molar-refractivity contribution in [2.45, 2.75) is 6.10 Å². The predicted molar refractivity (Wildman–Crippen MR) is 114 cm³/mol. The number of primary amides is 1. The Morgan fingerprint density at radius 3 is 2.07 bits per heavy atom. The van der Waals surface area contributed by atoms with E-state index < -0.39 is 17.9 Å². The molecule has 1 atom stereocenters. The number of hydrogen-bond donors (Lipinski definition) is 2. The second-order valence-electron chi connectivity index (χ2n) is 6.12. The third kappa shape index (κ3) is 6.10. The number of carbonyl (C=O) groups excluding carboxylic acids is 2. The van der Waals surface area contributed by atoms with E-state index in [0.717, 1.165) is 0 Å². The molecule has 3 N–H and O–H groups in total. The van der Waals surface area contributed by atoms with E-state index in [0.29, 0.717) is 27.1 Å². The first-order valence-electron chi connectivity index (χ1n) is 8.76. The standard InChI is InChI=1S/C21H17Cl2N3O4/c22-14-2-6-16(7-3-14)29-12-19(27)26-18-10-1-13(11-25-18)20(21(24)28)30-17-8-4-15(23)5-9-17/h1-11,20H,12H2,(H2,24,28)(H,25,26,27). The van der Waals surface area contributed by atoms with Crippen molar-refractivity contribution in [2.24, 2.45) is 5.73 Å². The fraction of sp³-hybridized carbons (Fsp3) is 0.0952. The Labute approximate surface area is 182 Å². The summed E-state index contributed by atoms with van der Waals surface area (Å²) in [6.45, 7) is -0.200. The molecule has 0 aliphatic carbocycles. The maximum absolute atomic E-state index is 12.0. The lowest BCUT2D eigenvalue weighted by atomic mass is 10.1. The van der Waals surface area contributed by atoms with Crippen molar-refractivity contribution in [2.75, 3.05) is 11.9 Å². The zero-order chi connectivity index (χ0) is 21.5. The third-order valence-electron chi connectivity index (χ3n) is 3.87. The van der Waals surface area contributed by atoms with Crippen LogP contribution in [0.5, 0.6) is 11.5 Å². The number of pyridine rings is 1. The van der Waals surface area contributed by atoms with E-state index >= 15 is 0 Å². The molecular weight excluding hydrogens is 429 g/mol. The van der Waals surface area contributed by atoms with Crippen LogP contribution >= 0.6 is 23.2 Å². The van der Waals surface area contributed by atoms with Gasteiger partial charge in [0.2, 0.25) is 6.10 Å². The van der Waals surface area contributed by atoms with Gasteiger partial charge in [-0.3, -0.25) is 9.59 Å². The Hall–Kier alpha value is -3.29. The first kappa shape index (κ1) is 21.4. The lowest BCUT2D eigenvalue weighted by Gasteiger charge is -2.16. The number of nitrogens with two attached hydrogens (primary N) is 1. The van der Waals surface area contributed by atoms with Gasteiger partial charge in [0.25, 0.3) is 11.8 Å². The summed E-state index contributed by atoms with van der Waals surface area (Å²) in [6, 6.07) is 16.3. The minimum absolute atomic E-state index is 0.200. The van der Waals surface area contributed by atoms with Crippen LogP contribution < -0.4 is 20.5 Å². The molecule has 30 heavy (non-hydrogen) atoms. The summed E-state index contributed by atoms with van der Waals surface area (Å²) in [5, 5.41) is 3.72. The molecule has 2 aromatic carbocycles. The molecule has 3 rings (SSSR count). The smallest absolute Gasteiger partial charge is 0.263 e. The van der Waals surface area contributed by atoms with Crippen molar-refractivity contribution in [3.05, 3.63) is 82.5 Å². The van der Waals surface area contributed by atoms with Gasteiger partial charge in [-0.1, -0.05) is 23.2 Å². The van der Waals surface area contributed by atoms with Gasteiger partial charge in [0.05, 0.1) is 0 Å². The quantitative estimate of drug-likeness (QED) is 0.544. The van der Waals surface area contributed by atoms with Gasteiger partial charge in [-0.25, -0.2) is 4.98 Å². The molecule has 0 radical (unpaired) electrons. The largest absolute Gasteiger partial charge is 0.484 e. The van der Waals surface area contributed by atoms with Gasteiger partial charge < -0.3 is 20.5 Å². The Kier molecular flexibility index (Phi) is 7.11. The second kappa shape index (κ2) is 9.96. The van der Waals surface area contributed by atoms with Gasteiger partial charge in [-0.15, -0.1) is 0 Å². The van der Waals surface area contributed by atoms with E-state index in [9.17, 15) is 9.59 Å². The van der Waals surface area contributed by atoms with Crippen LogP contribution in [0.15, 0.2) is 66.9 Å². The first-order chi connectivity index (χ1) is 14.4. The van der Waals surface area contributed by atoms with Crippen molar-refractivity contribution < 1.29 is 19.1 Å². The number of hydrogen-bond acceptors (Lipinski definition) is 5. The molecule has 0 saturated heterocycles. The van der Waals surface area contributed by atoms with Crippen molar-refractivity contribution in [1.82, 2.24) is 4.98 Å². The fourth-order valence-corrected chi connectivity index (χ4v) is 2.68. The Balaban J connectivity index is 1.59. The molecule has 1 unspecified atom stereocenters. The van der Waals surface area contributed by atoms with E-state index in [4.69, 9.17) is 38.4 Å². The maximum atomic E-state index is 12.0. The van der Waals surface area contributed by atoms with Crippen molar-refractivity contribution in [3.8, 4) is 11.5 Å². The second-order valence-corrected chi connectivity index (χ2v) is 6.99. The van der Waals surface area contributed by atoms with Crippen LogP contribution in [0.4, 0.5) is 5.82 Å². The predicted octanol–water partition coefficient (Wildman–Crippen LogP) is 4.01. The molecule has 0 aliphatic rings. The van der Waals surface area contributed by atoms with E-state index in [1.165, 1.54) is 12.3 Å². The van der Waals surface area contributed by atoms with Crippen molar-refractivity contribution >= 4 is 40.8 Å². The molecular formula is C21H17Cl2N3O4. The highest BCUT2D eigenvalue weighted by atomic mass is 35.5. The lowest BCUT2D eigenvalue weighted by Crippen LogP contribution is -2.26. The average Bonchev–Trinajstić information content (AvgIpc) is 2.73. The maximum Gasteiger partial charge on any atom is 0.263 e. The minimum atomic E-state index is -1.04. The molecule has 0 bridgehead atoms. The molecule has 3 aromatic rings. The summed E-state index contributed by atoms with van der Waals surface area (Å²) in [6.07, 6.45) is 0.359. The number of rotatable bonds is 8. The third-order valence-corrected chi connectivity index (χ3v) is 4.37. The number of nitrogens with one attached hydrogen (secondary N) is 1. The minimum Gasteiger partial charge on any atom is -0.484 e. The summed E-state index contributed by atoms with van der Waals surface area (Å²) < 4.78 is 11.0. The molecule has 7 nitrogen and oxygen atoms in total. The fourth-order valence-electron chi connectivity index (χ4n) is 2.43. The molecule has 0 aliphatic heterocycles. The Morgan fingerprint density at radius 2 is 1.53 bits per heavy atom. The Morgan fingerprint density at radius 1 is 0.933 bits per heavy atom. The molecule has 0 fully saturated rings. The van der Waals surface area contributed by atoms with Crippen LogP contribution in [-0.2, 0) is 9.59 Å². The molecule has 154 valence electrons. The average molecular weight is 446 g/mol. The number of carbonyl (C=O) groups is 2. The molecule has 2 amide bonds. The summed E-state index contributed by atoms with van der Waals surface area (Å²) in [7, 11) is 0. The highest BCUT2D eigenvalue weighted by Gasteiger charge is 2.20. The van der Waals surface area contributed by atoms with Crippen LogP contribution in [0.2, 0.25) is 10.0 Å². The SMILES string of the molecule is NC(=O)C(Oc1ccc(Cl)cc1)c1ccc(NC(=O)COc2ccc(Cl)cc2)nc1. The summed E-state index contributed by atoms with van der Waals surface area (Å²) in [5.41, 5.74) is 5.89. The van der Waals surface area contributed by atoms with Crippen LogP contribution in [0.1, 0.15) is 11.7 Å². The summed E-state index contributed by atoms with van der Waals surface area (Å²) >= 11 is 11.6. The monoisotopic (exact) mass is 445 g/mol. The summed E-state index contributed by atoms with van der Waals surface area (Å²) in [4.78, 5) is 28.0. The van der Waals surface area contributed by atoms with E-state index in [-0.39, 0.29) is 12.4 Å². The number of nitrogens with zero attached hydrogens (tertiary/aromatic N) is 1.